The minimum absolute atomic E-state index is 0.0753. The maximum Gasteiger partial charge on any atom is 0.305 e. The summed E-state index contributed by atoms with van der Waals surface area (Å²) in [5.41, 5.74) is 0. The molecule has 6 nitrogen and oxygen atoms in total. The predicted molar refractivity (Wildman–Crippen MR) is 68.4 cm³/mol. The highest BCUT2D eigenvalue weighted by Crippen LogP contribution is 2.13. The van der Waals surface area contributed by atoms with Gasteiger partial charge in [-0.1, -0.05) is 0 Å². The van der Waals surface area contributed by atoms with Gasteiger partial charge in [0.2, 0.25) is 5.91 Å². The number of hydrogen-bond donors (Lipinski definition) is 1. The molecule has 18 heavy (non-hydrogen) atoms. The Balaban J connectivity index is 2.74. The molecule has 0 bridgehead atoms. The van der Waals surface area contributed by atoms with Gasteiger partial charge in [0.15, 0.2) is 0 Å². The summed E-state index contributed by atoms with van der Waals surface area (Å²) in [4.78, 5) is 28.7. The molecule has 1 fully saturated rings. The molecule has 0 aromatic carbocycles. The van der Waals surface area contributed by atoms with Crippen LogP contribution in [0.25, 0.3) is 0 Å². The second kappa shape index (κ2) is 6.70. The zero-order chi connectivity index (χ0) is 13.7. The van der Waals surface area contributed by atoms with E-state index >= 15 is 0 Å². The first-order valence-electron chi connectivity index (χ1n) is 6.27. The van der Waals surface area contributed by atoms with Crippen molar-refractivity contribution in [2.75, 3.05) is 47.3 Å². The van der Waals surface area contributed by atoms with Crippen LogP contribution in [-0.2, 0) is 9.59 Å². The molecule has 1 aliphatic heterocycles. The molecule has 1 heterocycles. The molecule has 1 unspecified atom stereocenters. The summed E-state index contributed by atoms with van der Waals surface area (Å²) in [5.74, 6) is -0.993. The Bertz CT molecular complexity index is 307. The van der Waals surface area contributed by atoms with E-state index in [1.165, 1.54) is 0 Å². The third-order valence-electron chi connectivity index (χ3n) is 3.24. The number of carbonyl (C=O) groups is 2. The zero-order valence-electron chi connectivity index (χ0n) is 11.4. The molecule has 0 aliphatic carbocycles. The summed E-state index contributed by atoms with van der Waals surface area (Å²) in [7, 11) is 5.68. The van der Waals surface area contributed by atoms with Gasteiger partial charge in [-0.3, -0.25) is 14.5 Å². The molecular formula is C12H23N3O3. The molecule has 1 N–H and O–H groups in total. The summed E-state index contributed by atoms with van der Waals surface area (Å²) in [5, 5.41) is 8.95. The van der Waals surface area contributed by atoms with E-state index in [9.17, 15) is 9.59 Å². The van der Waals surface area contributed by atoms with Crippen LogP contribution in [-0.4, -0.2) is 85.0 Å². The lowest BCUT2D eigenvalue weighted by Crippen LogP contribution is -2.47. The molecule has 1 aliphatic rings. The molecule has 6 heteroatoms. The predicted octanol–water partition coefficient (Wildman–Crippen LogP) is -0.445. The number of amides is 1. The van der Waals surface area contributed by atoms with Gasteiger partial charge in [-0.15, -0.1) is 0 Å². The van der Waals surface area contributed by atoms with Gasteiger partial charge in [0, 0.05) is 33.2 Å². The van der Waals surface area contributed by atoms with Gasteiger partial charge >= 0.3 is 5.97 Å². The fraction of sp³-hybridized carbons (Fsp3) is 0.833. The van der Waals surface area contributed by atoms with Crippen molar-refractivity contribution in [3.8, 4) is 0 Å². The molecule has 0 aromatic rings. The van der Waals surface area contributed by atoms with Crippen molar-refractivity contribution in [3.05, 3.63) is 0 Å². The second-order valence-electron chi connectivity index (χ2n) is 5.07. The summed E-state index contributed by atoms with van der Waals surface area (Å²) < 4.78 is 0. The number of likely N-dealkylation sites (N-methyl/N-ethyl adjacent to an activating group) is 2. The Labute approximate surface area is 108 Å². The smallest absolute Gasteiger partial charge is 0.305 e. The van der Waals surface area contributed by atoms with Crippen molar-refractivity contribution < 1.29 is 14.7 Å². The number of rotatable bonds is 5. The number of hydrogen-bond acceptors (Lipinski definition) is 4. The standard InChI is InChI=1S/C12H23N3O3/c1-13(2)7-8-15-6-4-5-14(3)12(18)10(15)9-11(16)17/h10H,4-9H2,1-3H3,(H,16,17). The van der Waals surface area contributed by atoms with Gasteiger partial charge < -0.3 is 14.9 Å². The first-order valence-corrected chi connectivity index (χ1v) is 6.27. The molecule has 1 rings (SSSR count). The van der Waals surface area contributed by atoms with E-state index in [2.05, 4.69) is 0 Å². The fourth-order valence-corrected chi connectivity index (χ4v) is 2.17. The van der Waals surface area contributed by atoms with E-state index in [1.54, 1.807) is 11.9 Å². The van der Waals surface area contributed by atoms with Gasteiger partial charge in [0.25, 0.3) is 0 Å². The number of carbonyl (C=O) groups excluding carboxylic acids is 1. The lowest BCUT2D eigenvalue weighted by Gasteiger charge is -2.29. The summed E-state index contributed by atoms with van der Waals surface area (Å²) >= 11 is 0. The van der Waals surface area contributed by atoms with Crippen LogP contribution in [0.3, 0.4) is 0 Å². The Kier molecular flexibility index (Phi) is 5.55. The number of carboxylic acid groups (broad SMARTS) is 1. The Morgan fingerprint density at radius 2 is 2.11 bits per heavy atom. The number of nitrogens with zero attached hydrogens (tertiary/aromatic N) is 3. The Hall–Kier alpha value is -1.14. The minimum atomic E-state index is -0.918. The normalized spacial score (nSPS) is 22.3. The molecule has 0 spiro atoms. The van der Waals surface area contributed by atoms with Crippen LogP contribution in [0.5, 0.6) is 0 Å². The average molecular weight is 257 g/mol. The van der Waals surface area contributed by atoms with Crippen LogP contribution >= 0.6 is 0 Å². The fourth-order valence-electron chi connectivity index (χ4n) is 2.17. The van der Waals surface area contributed by atoms with Crippen LogP contribution in [0.1, 0.15) is 12.8 Å². The molecule has 104 valence electrons. The summed E-state index contributed by atoms with van der Waals surface area (Å²) in [6.45, 7) is 3.03. The van der Waals surface area contributed by atoms with Crippen LogP contribution in [0.2, 0.25) is 0 Å². The first-order chi connectivity index (χ1) is 8.41. The highest BCUT2D eigenvalue weighted by molar-refractivity contribution is 5.86. The van der Waals surface area contributed by atoms with Crippen molar-refractivity contribution in [1.82, 2.24) is 14.7 Å². The highest BCUT2D eigenvalue weighted by atomic mass is 16.4. The molecule has 0 saturated carbocycles. The molecule has 1 amide bonds. The molecular weight excluding hydrogens is 234 g/mol. The average Bonchev–Trinajstić information content (AvgIpc) is 2.39. The minimum Gasteiger partial charge on any atom is -0.481 e. The van der Waals surface area contributed by atoms with Crippen LogP contribution in [0.15, 0.2) is 0 Å². The zero-order valence-corrected chi connectivity index (χ0v) is 11.4. The highest BCUT2D eigenvalue weighted by Gasteiger charge is 2.32. The maximum absolute atomic E-state index is 12.1. The van der Waals surface area contributed by atoms with Crippen molar-refractivity contribution in [2.45, 2.75) is 18.9 Å². The van der Waals surface area contributed by atoms with Crippen molar-refractivity contribution in [1.29, 1.82) is 0 Å². The van der Waals surface area contributed by atoms with Crippen LogP contribution in [0, 0.1) is 0 Å². The Morgan fingerprint density at radius 1 is 1.44 bits per heavy atom. The van der Waals surface area contributed by atoms with E-state index in [0.717, 1.165) is 26.1 Å². The van der Waals surface area contributed by atoms with E-state index in [0.29, 0.717) is 6.54 Å². The van der Waals surface area contributed by atoms with Gasteiger partial charge in [0.1, 0.15) is 0 Å². The second-order valence-corrected chi connectivity index (χ2v) is 5.07. The number of aliphatic carboxylic acids is 1. The van der Waals surface area contributed by atoms with Gasteiger partial charge in [-0.25, -0.2) is 0 Å². The van der Waals surface area contributed by atoms with Crippen LogP contribution < -0.4 is 0 Å². The summed E-state index contributed by atoms with van der Waals surface area (Å²) in [6, 6.07) is -0.519. The topological polar surface area (TPSA) is 64.1 Å². The lowest BCUT2D eigenvalue weighted by molar-refractivity contribution is -0.144. The molecule has 1 saturated heterocycles. The SMILES string of the molecule is CN(C)CCN1CCCN(C)C(=O)C1CC(=O)O. The van der Waals surface area contributed by atoms with Crippen molar-refractivity contribution >= 4 is 11.9 Å². The van der Waals surface area contributed by atoms with Crippen LogP contribution in [0.4, 0.5) is 0 Å². The van der Waals surface area contributed by atoms with Gasteiger partial charge in [-0.05, 0) is 20.5 Å². The number of carboxylic acids is 1. The third kappa shape index (κ3) is 4.27. The van der Waals surface area contributed by atoms with E-state index in [1.807, 2.05) is 23.9 Å². The molecule has 0 aromatic heterocycles. The summed E-state index contributed by atoms with van der Waals surface area (Å²) in [6.07, 6.45) is 0.780. The monoisotopic (exact) mass is 257 g/mol. The van der Waals surface area contributed by atoms with E-state index < -0.39 is 12.0 Å². The maximum atomic E-state index is 12.1. The molecule has 1 atom stereocenters. The lowest BCUT2D eigenvalue weighted by atomic mass is 10.1. The Morgan fingerprint density at radius 3 is 2.67 bits per heavy atom. The third-order valence-corrected chi connectivity index (χ3v) is 3.24. The van der Waals surface area contributed by atoms with E-state index in [-0.39, 0.29) is 12.3 Å². The van der Waals surface area contributed by atoms with Crippen molar-refractivity contribution in [3.63, 3.8) is 0 Å². The largest absolute Gasteiger partial charge is 0.481 e. The first kappa shape index (κ1) is 14.9. The van der Waals surface area contributed by atoms with Crippen molar-refractivity contribution in [2.24, 2.45) is 0 Å². The van der Waals surface area contributed by atoms with E-state index in [4.69, 9.17) is 5.11 Å². The van der Waals surface area contributed by atoms with Gasteiger partial charge in [-0.2, -0.15) is 0 Å². The quantitative estimate of drug-likeness (QED) is 0.723. The van der Waals surface area contributed by atoms with Gasteiger partial charge in [0.05, 0.1) is 12.5 Å². The molecule has 0 radical (unpaired) electrons.